The lowest BCUT2D eigenvalue weighted by atomic mass is 9.62. The average Bonchev–Trinajstić information content (AvgIpc) is 2.74. The van der Waals surface area contributed by atoms with Crippen LogP contribution in [0.1, 0.15) is 112 Å². The van der Waals surface area contributed by atoms with Crippen LogP contribution in [0.25, 0.3) is 6.08 Å². The van der Waals surface area contributed by atoms with Crippen LogP contribution in [0.15, 0.2) is 42.5 Å². The van der Waals surface area contributed by atoms with Gasteiger partial charge in [0.1, 0.15) is 5.82 Å². The van der Waals surface area contributed by atoms with E-state index in [1.807, 2.05) is 6.08 Å². The summed E-state index contributed by atoms with van der Waals surface area (Å²) in [5.41, 5.74) is 4.91. The number of allylic oxidation sites excluding steroid dienone is 1. The Labute approximate surface area is 192 Å². The topological polar surface area (TPSA) is 37.3 Å². The normalized spacial score (nSPS) is 17.8. The van der Waals surface area contributed by atoms with Crippen molar-refractivity contribution in [1.82, 2.24) is 0 Å². The van der Waals surface area contributed by atoms with E-state index in [0.29, 0.717) is 5.56 Å². The molecule has 2 nitrogen and oxygen atoms in total. The van der Waals surface area contributed by atoms with E-state index in [-0.39, 0.29) is 22.3 Å². The number of benzene rings is 2. The van der Waals surface area contributed by atoms with Crippen molar-refractivity contribution in [3.05, 3.63) is 76.1 Å². The van der Waals surface area contributed by atoms with E-state index in [1.54, 1.807) is 6.07 Å². The van der Waals surface area contributed by atoms with Gasteiger partial charge in [-0.2, -0.15) is 0 Å². The van der Waals surface area contributed by atoms with Crippen LogP contribution in [0.4, 0.5) is 4.39 Å². The predicted octanol–water partition coefficient (Wildman–Crippen LogP) is 8.25. The smallest absolute Gasteiger partial charge is 0.335 e. The second-order valence-electron chi connectivity index (χ2n) is 10.6. The maximum absolute atomic E-state index is 14.5. The molecule has 0 radical (unpaired) electrons. The van der Waals surface area contributed by atoms with Crippen LogP contribution in [-0.2, 0) is 10.8 Å². The van der Waals surface area contributed by atoms with E-state index in [2.05, 4.69) is 58.9 Å². The van der Waals surface area contributed by atoms with Gasteiger partial charge >= 0.3 is 5.97 Å². The Morgan fingerprint density at radius 1 is 1.03 bits per heavy atom. The fourth-order valence-electron chi connectivity index (χ4n) is 4.84. The Kier molecular flexibility index (Phi) is 7.27. The fourth-order valence-corrected chi connectivity index (χ4v) is 4.84. The second kappa shape index (κ2) is 9.60. The molecule has 1 atom stereocenters. The SMILES string of the molecule is CCCCCC(/C=C/c1ccc(C(=O)O)cc1F)c1ccc2c(c1)C(C)(C)CCC2(C)C. The number of unbranched alkanes of at least 4 members (excludes halogenated alkanes) is 2. The molecule has 3 rings (SSSR count). The zero-order valence-electron chi connectivity index (χ0n) is 20.2. The number of fused-ring (bicyclic) bond motifs is 1. The minimum absolute atomic E-state index is 0.0290. The zero-order chi connectivity index (χ0) is 23.5. The van der Waals surface area contributed by atoms with Crippen LogP contribution in [0.2, 0.25) is 0 Å². The molecule has 1 unspecified atom stereocenters. The number of aromatic carboxylic acids is 1. The summed E-state index contributed by atoms with van der Waals surface area (Å²) in [4.78, 5) is 11.1. The van der Waals surface area contributed by atoms with E-state index in [0.717, 1.165) is 25.3 Å². The Balaban J connectivity index is 1.96. The first-order valence-electron chi connectivity index (χ1n) is 11.9. The van der Waals surface area contributed by atoms with Gasteiger partial charge in [-0.1, -0.05) is 90.3 Å². The third kappa shape index (κ3) is 5.31. The molecule has 0 bridgehead atoms. The maximum atomic E-state index is 14.5. The van der Waals surface area contributed by atoms with Crippen molar-refractivity contribution >= 4 is 12.0 Å². The third-order valence-corrected chi connectivity index (χ3v) is 7.18. The highest BCUT2D eigenvalue weighted by Gasteiger charge is 2.37. The molecule has 0 fully saturated rings. The molecule has 3 heteroatoms. The third-order valence-electron chi connectivity index (χ3n) is 7.18. The van der Waals surface area contributed by atoms with Crippen molar-refractivity contribution in [2.24, 2.45) is 0 Å². The van der Waals surface area contributed by atoms with Gasteiger partial charge in [-0.05, 0) is 58.9 Å². The number of carbonyl (C=O) groups is 1. The van der Waals surface area contributed by atoms with Crippen molar-refractivity contribution in [2.75, 3.05) is 0 Å². The number of carboxylic acids is 1. The lowest BCUT2D eigenvalue weighted by Crippen LogP contribution is -2.34. The van der Waals surface area contributed by atoms with E-state index >= 15 is 0 Å². The molecule has 0 aromatic heterocycles. The number of rotatable bonds is 8. The first kappa shape index (κ1) is 24.2. The van der Waals surface area contributed by atoms with Gasteiger partial charge in [0.05, 0.1) is 5.56 Å². The standard InChI is InChI=1S/C29H37FO2/c1-6-7-8-9-20(10-11-21-12-13-23(27(31)32)19-26(21)30)22-14-15-24-25(18-22)29(4,5)17-16-28(24,2)3/h10-15,18-20H,6-9,16-17H2,1-5H3,(H,31,32)/b11-10+. The largest absolute Gasteiger partial charge is 0.478 e. The molecule has 1 aliphatic rings. The van der Waals surface area contributed by atoms with Crippen molar-refractivity contribution in [3.63, 3.8) is 0 Å². The molecule has 32 heavy (non-hydrogen) atoms. The van der Waals surface area contributed by atoms with Gasteiger partial charge in [0.25, 0.3) is 0 Å². The summed E-state index contributed by atoms with van der Waals surface area (Å²) in [5.74, 6) is -1.41. The maximum Gasteiger partial charge on any atom is 0.335 e. The molecular weight excluding hydrogens is 399 g/mol. The van der Waals surface area contributed by atoms with Crippen LogP contribution in [0.3, 0.4) is 0 Å². The van der Waals surface area contributed by atoms with Gasteiger partial charge < -0.3 is 5.11 Å². The van der Waals surface area contributed by atoms with Crippen LogP contribution >= 0.6 is 0 Å². The fraction of sp³-hybridized carbons (Fsp3) is 0.483. The van der Waals surface area contributed by atoms with Crippen LogP contribution < -0.4 is 0 Å². The van der Waals surface area contributed by atoms with E-state index < -0.39 is 11.8 Å². The summed E-state index contributed by atoms with van der Waals surface area (Å²) in [6.07, 6.45) is 10.7. The lowest BCUT2D eigenvalue weighted by molar-refractivity contribution is 0.0696. The van der Waals surface area contributed by atoms with Crippen LogP contribution in [0, 0.1) is 5.82 Å². The summed E-state index contributed by atoms with van der Waals surface area (Å²) in [5, 5.41) is 9.08. The first-order chi connectivity index (χ1) is 15.0. The minimum atomic E-state index is -1.11. The molecule has 0 amide bonds. The molecule has 0 saturated heterocycles. The molecule has 2 aromatic carbocycles. The monoisotopic (exact) mass is 436 g/mol. The van der Waals surface area contributed by atoms with E-state index in [4.69, 9.17) is 5.11 Å². The molecule has 1 N–H and O–H groups in total. The summed E-state index contributed by atoms with van der Waals surface area (Å²) < 4.78 is 14.5. The van der Waals surface area contributed by atoms with Gasteiger partial charge in [-0.3, -0.25) is 0 Å². The number of hydrogen-bond acceptors (Lipinski definition) is 1. The molecule has 0 spiro atoms. The quantitative estimate of drug-likeness (QED) is 0.423. The van der Waals surface area contributed by atoms with Crippen molar-refractivity contribution < 1.29 is 14.3 Å². The van der Waals surface area contributed by atoms with Crippen LogP contribution in [-0.4, -0.2) is 11.1 Å². The van der Waals surface area contributed by atoms with Crippen molar-refractivity contribution in [3.8, 4) is 0 Å². The summed E-state index contributed by atoms with van der Waals surface area (Å²) in [6.45, 7) is 11.6. The Morgan fingerprint density at radius 3 is 2.34 bits per heavy atom. The molecule has 172 valence electrons. The highest BCUT2D eigenvalue weighted by atomic mass is 19.1. The van der Waals surface area contributed by atoms with Gasteiger partial charge in [0, 0.05) is 11.5 Å². The summed E-state index contributed by atoms with van der Waals surface area (Å²) in [7, 11) is 0. The summed E-state index contributed by atoms with van der Waals surface area (Å²) in [6, 6.07) is 11.1. The molecule has 0 saturated carbocycles. The molecular formula is C29H37FO2. The van der Waals surface area contributed by atoms with Crippen LogP contribution in [0.5, 0.6) is 0 Å². The average molecular weight is 437 g/mol. The zero-order valence-corrected chi connectivity index (χ0v) is 20.2. The Morgan fingerprint density at radius 2 is 1.72 bits per heavy atom. The second-order valence-corrected chi connectivity index (χ2v) is 10.6. The highest BCUT2D eigenvalue weighted by molar-refractivity contribution is 5.87. The number of carboxylic acid groups (broad SMARTS) is 1. The predicted molar refractivity (Wildman–Crippen MR) is 131 cm³/mol. The molecule has 0 heterocycles. The van der Waals surface area contributed by atoms with Gasteiger partial charge in [0.2, 0.25) is 0 Å². The van der Waals surface area contributed by atoms with Crippen molar-refractivity contribution in [1.29, 1.82) is 0 Å². The minimum Gasteiger partial charge on any atom is -0.478 e. The molecule has 0 aliphatic heterocycles. The Hall–Kier alpha value is -2.42. The van der Waals surface area contributed by atoms with E-state index in [1.165, 1.54) is 42.0 Å². The number of hydrogen-bond donors (Lipinski definition) is 1. The summed E-state index contributed by atoms with van der Waals surface area (Å²) >= 11 is 0. The van der Waals surface area contributed by atoms with Gasteiger partial charge in [0.15, 0.2) is 0 Å². The van der Waals surface area contributed by atoms with E-state index in [9.17, 15) is 9.18 Å². The molecule has 1 aliphatic carbocycles. The highest BCUT2D eigenvalue weighted by Crippen LogP contribution is 2.46. The van der Waals surface area contributed by atoms with Gasteiger partial charge in [-0.25, -0.2) is 9.18 Å². The van der Waals surface area contributed by atoms with Gasteiger partial charge in [-0.15, -0.1) is 0 Å². The lowest BCUT2D eigenvalue weighted by Gasteiger charge is -2.42. The Bertz CT molecular complexity index is 1000. The van der Waals surface area contributed by atoms with Crippen molar-refractivity contribution in [2.45, 2.75) is 89.9 Å². The molecule has 2 aromatic rings. The first-order valence-corrected chi connectivity index (χ1v) is 11.9. The number of halogens is 1.